The van der Waals surface area contributed by atoms with E-state index in [1.54, 1.807) is 111 Å². The van der Waals surface area contributed by atoms with Gasteiger partial charge in [-0.15, -0.1) is 23.2 Å². The maximum atomic E-state index is 13.0. The van der Waals surface area contributed by atoms with Crippen molar-refractivity contribution >= 4 is 42.9 Å². The van der Waals surface area contributed by atoms with E-state index in [1.165, 1.54) is 5.56 Å². The zero-order valence-electron chi connectivity index (χ0n) is 41.6. The summed E-state index contributed by atoms with van der Waals surface area (Å²) >= 11 is 12.5. The van der Waals surface area contributed by atoms with Gasteiger partial charge in [-0.3, -0.25) is 0 Å². The summed E-state index contributed by atoms with van der Waals surface area (Å²) in [6.07, 6.45) is 0. The predicted octanol–water partition coefficient (Wildman–Crippen LogP) is 15.4. The second-order valence-electron chi connectivity index (χ2n) is 18.4. The molecule has 8 rings (SSSR count). The van der Waals surface area contributed by atoms with Crippen LogP contribution in [0.25, 0.3) is 0 Å². The average molecular weight is 1040 g/mol. The van der Waals surface area contributed by atoms with Crippen LogP contribution < -0.4 is 18.9 Å². The molecular weight excluding hydrogens is 984 g/mol. The highest BCUT2D eigenvalue weighted by molar-refractivity contribution is 7.91. The van der Waals surface area contributed by atoms with Crippen molar-refractivity contribution in [1.82, 2.24) is 0 Å². The Morgan fingerprint density at radius 2 is 0.681 bits per heavy atom. The first-order valence-electron chi connectivity index (χ1n) is 23.2. The van der Waals surface area contributed by atoms with Crippen LogP contribution in [0.2, 0.25) is 0 Å². The topological polar surface area (TPSA) is 105 Å². The fourth-order valence-corrected chi connectivity index (χ4v) is 11.0. The van der Waals surface area contributed by atoms with Gasteiger partial charge in [0.15, 0.2) is 0 Å². The first-order valence-corrected chi connectivity index (χ1v) is 27.2. The maximum absolute atomic E-state index is 13.0. The minimum Gasteiger partial charge on any atom is -0.497 e. The summed E-state index contributed by atoms with van der Waals surface area (Å²) in [5, 5.41) is 0. The zero-order valence-corrected chi connectivity index (χ0v) is 44.7. The van der Waals surface area contributed by atoms with Crippen molar-refractivity contribution in [3.05, 3.63) is 226 Å². The first kappa shape index (κ1) is 53.2. The third-order valence-corrected chi connectivity index (χ3v) is 17.0. The number of aryl methyl sites for hydroxylation is 2. The van der Waals surface area contributed by atoms with Crippen LogP contribution in [-0.4, -0.2) is 31.1 Å². The van der Waals surface area contributed by atoms with Gasteiger partial charge in [0.05, 0.1) is 45.6 Å². The number of benzene rings is 8. The Balaban J connectivity index is 0.000000213. The Morgan fingerprint density at radius 1 is 0.375 bits per heavy atom. The average Bonchev–Trinajstić information content (AvgIpc) is 3.39. The highest BCUT2D eigenvalue weighted by Gasteiger charge is 2.27. The molecule has 72 heavy (non-hydrogen) atoms. The van der Waals surface area contributed by atoms with Crippen molar-refractivity contribution < 1.29 is 35.8 Å². The second-order valence-corrected chi connectivity index (χ2v) is 22.8. The lowest BCUT2D eigenvalue weighted by molar-refractivity contribution is 0.410. The summed E-state index contributed by atoms with van der Waals surface area (Å²) in [7, 11) is -3.87. The Labute approximate surface area is 435 Å². The molecule has 0 heterocycles. The van der Waals surface area contributed by atoms with Crippen LogP contribution in [0.15, 0.2) is 202 Å². The van der Waals surface area contributed by atoms with E-state index in [9.17, 15) is 16.8 Å². The van der Waals surface area contributed by atoms with Crippen LogP contribution in [-0.2, 0) is 42.3 Å². The maximum Gasteiger partial charge on any atom is 0.206 e. The van der Waals surface area contributed by atoms with Crippen molar-refractivity contribution in [2.24, 2.45) is 0 Å². The normalized spacial score (nSPS) is 11.8. The molecule has 0 saturated carbocycles. The molecule has 0 aliphatic carbocycles. The Hall–Kier alpha value is -6.56. The molecule has 8 aromatic carbocycles. The van der Waals surface area contributed by atoms with E-state index < -0.39 is 19.7 Å². The van der Waals surface area contributed by atoms with Gasteiger partial charge in [0.1, 0.15) is 34.5 Å². The third kappa shape index (κ3) is 12.0. The summed E-state index contributed by atoms with van der Waals surface area (Å²) < 4.78 is 74.4. The van der Waals surface area contributed by atoms with Gasteiger partial charge in [-0.25, -0.2) is 16.8 Å². The third-order valence-electron chi connectivity index (χ3n) is 12.9. The van der Waals surface area contributed by atoms with Crippen LogP contribution in [0.3, 0.4) is 0 Å². The Kier molecular flexibility index (Phi) is 16.6. The standard InChI is InChI=1S/C31H30Cl2O4S.C29H28O4S/c1-21-5-11-27(12-6-21)38(34,35)28-13-9-26(10-14-28)37-30-16-8-25(18-23(30)20-33)31(2,3)24-7-15-29(36-4)22(17-24)19-32;1-21-5-17-27(18-6-21)34(30,31)28-19-15-26(16-20-28)33-25-13-9-23(10-14-25)29(2,3)22-7-11-24(32-4)12-8-22/h5-18H,19-20H2,1-4H3;5-20H,1-4H3. The van der Waals surface area contributed by atoms with E-state index in [2.05, 4.69) is 58.0 Å². The van der Waals surface area contributed by atoms with Crippen molar-refractivity contribution in [3.8, 4) is 34.5 Å². The molecule has 0 saturated heterocycles. The predicted molar refractivity (Wildman–Crippen MR) is 289 cm³/mol. The Morgan fingerprint density at radius 3 is 1.06 bits per heavy atom. The SMILES string of the molecule is COc1ccc(C(C)(C)c2ccc(Oc3ccc(S(=O)(=O)c4ccc(C)cc4)cc3)c(CCl)c2)cc1CCl.COc1ccc(C(C)(C)c2ccc(Oc3ccc(S(=O)(=O)c4ccc(C)cc4)cc3)cc2)cc1. The van der Waals surface area contributed by atoms with Crippen molar-refractivity contribution in [2.45, 2.75) is 83.7 Å². The number of methoxy groups -OCH3 is 2. The number of halogens is 2. The molecule has 0 aromatic heterocycles. The lowest BCUT2D eigenvalue weighted by atomic mass is 9.77. The molecule has 8 nitrogen and oxygen atoms in total. The molecule has 12 heteroatoms. The van der Waals surface area contributed by atoms with Crippen molar-refractivity contribution in [3.63, 3.8) is 0 Å². The van der Waals surface area contributed by atoms with Gasteiger partial charge in [-0.2, -0.15) is 0 Å². The number of alkyl halides is 2. The lowest BCUT2D eigenvalue weighted by Gasteiger charge is -2.28. The van der Waals surface area contributed by atoms with Gasteiger partial charge in [-0.1, -0.05) is 106 Å². The summed E-state index contributed by atoms with van der Waals surface area (Å²) in [6.45, 7) is 12.5. The molecular formula is C60H58Cl2O8S2. The fraction of sp³-hybridized carbons (Fsp3) is 0.200. The first-order chi connectivity index (χ1) is 34.3. The van der Waals surface area contributed by atoms with Gasteiger partial charge < -0.3 is 18.9 Å². The van der Waals surface area contributed by atoms with Crippen LogP contribution in [0.5, 0.6) is 34.5 Å². The number of ether oxygens (including phenoxy) is 4. The van der Waals surface area contributed by atoms with E-state index >= 15 is 0 Å². The van der Waals surface area contributed by atoms with Gasteiger partial charge in [-0.05, 0) is 151 Å². The highest BCUT2D eigenvalue weighted by atomic mass is 35.5. The molecule has 372 valence electrons. The minimum atomic E-state index is -3.61. The molecule has 0 atom stereocenters. The minimum absolute atomic E-state index is 0.184. The quantitative estimate of drug-likeness (QED) is 0.0881. The number of hydrogen-bond donors (Lipinski definition) is 0. The molecule has 0 aliphatic rings. The summed E-state index contributed by atoms with van der Waals surface area (Å²) in [5.41, 5.74) is 7.80. The Bertz CT molecular complexity index is 3340. The van der Waals surface area contributed by atoms with E-state index in [0.29, 0.717) is 28.9 Å². The molecule has 0 fully saturated rings. The largest absolute Gasteiger partial charge is 0.497 e. The molecule has 0 unspecified atom stereocenters. The van der Waals surface area contributed by atoms with Gasteiger partial charge >= 0.3 is 0 Å². The molecule has 0 radical (unpaired) electrons. The van der Waals surface area contributed by atoms with Gasteiger partial charge in [0.2, 0.25) is 19.7 Å². The second kappa shape index (κ2) is 22.5. The summed E-state index contributed by atoms with van der Waals surface area (Å²) in [6, 6.07) is 54.7. The number of hydrogen-bond acceptors (Lipinski definition) is 8. The van der Waals surface area contributed by atoms with E-state index in [0.717, 1.165) is 50.4 Å². The van der Waals surface area contributed by atoms with Crippen molar-refractivity contribution in [2.75, 3.05) is 14.2 Å². The van der Waals surface area contributed by atoms with Crippen LogP contribution in [0.1, 0.15) is 72.2 Å². The summed E-state index contributed by atoms with van der Waals surface area (Å²) in [5.74, 6) is 4.61. The van der Waals surface area contributed by atoms with E-state index in [-0.39, 0.29) is 36.3 Å². The fourth-order valence-electron chi connectivity index (χ4n) is 8.07. The van der Waals surface area contributed by atoms with E-state index in [1.807, 2.05) is 68.4 Å². The molecule has 0 aliphatic heterocycles. The van der Waals surface area contributed by atoms with Crippen LogP contribution in [0, 0.1) is 13.8 Å². The molecule has 0 amide bonds. The molecule has 0 spiro atoms. The summed E-state index contributed by atoms with van der Waals surface area (Å²) in [4.78, 5) is 0.982. The van der Waals surface area contributed by atoms with E-state index in [4.69, 9.17) is 42.1 Å². The highest BCUT2D eigenvalue weighted by Crippen LogP contribution is 2.39. The zero-order chi connectivity index (χ0) is 51.8. The van der Waals surface area contributed by atoms with Gasteiger partial charge in [0, 0.05) is 22.0 Å². The van der Waals surface area contributed by atoms with Crippen LogP contribution in [0.4, 0.5) is 0 Å². The molecule has 0 bridgehead atoms. The van der Waals surface area contributed by atoms with Crippen LogP contribution >= 0.6 is 23.2 Å². The molecule has 0 N–H and O–H groups in total. The molecule has 8 aromatic rings. The van der Waals surface area contributed by atoms with Gasteiger partial charge in [0.25, 0.3) is 0 Å². The lowest BCUT2D eigenvalue weighted by Crippen LogP contribution is -2.19. The number of rotatable bonds is 16. The smallest absolute Gasteiger partial charge is 0.206 e. The monoisotopic (exact) mass is 1040 g/mol. The van der Waals surface area contributed by atoms with Crippen molar-refractivity contribution in [1.29, 1.82) is 0 Å². The number of sulfone groups is 2.